The topological polar surface area (TPSA) is 49.9 Å². The van der Waals surface area contributed by atoms with E-state index < -0.39 is 11.6 Å². The number of hydrogen-bond donors (Lipinski definition) is 2. The Kier molecular flexibility index (Phi) is 3.10. The Labute approximate surface area is 104 Å². The average Bonchev–Trinajstić information content (AvgIpc) is 2.30. The van der Waals surface area contributed by atoms with Gasteiger partial charge < -0.3 is 11.1 Å². The number of anilines is 1. The lowest BCUT2D eigenvalue weighted by Gasteiger charge is -2.09. The maximum atomic E-state index is 13.6. The Bertz CT molecular complexity index is 601. The van der Waals surface area contributed by atoms with Crippen molar-refractivity contribution >= 4 is 11.4 Å². The highest BCUT2D eigenvalue weighted by molar-refractivity contribution is 6.02. The fourth-order valence-corrected chi connectivity index (χ4v) is 1.81. The minimum atomic E-state index is -0.631. The molecule has 0 saturated heterocycles. The quantitative estimate of drug-likeness (QED) is 0.617. The summed E-state index contributed by atoms with van der Waals surface area (Å²) < 4.78 is 27.3. The van der Waals surface area contributed by atoms with E-state index in [-0.39, 0.29) is 11.3 Å². The molecule has 0 atom stereocenters. The first-order valence-corrected chi connectivity index (χ1v) is 5.40. The van der Waals surface area contributed by atoms with E-state index in [2.05, 4.69) is 0 Å². The molecule has 92 valence electrons. The van der Waals surface area contributed by atoms with E-state index in [9.17, 15) is 8.78 Å². The summed E-state index contributed by atoms with van der Waals surface area (Å²) in [5.74, 6) is -1.26. The van der Waals surface area contributed by atoms with Crippen LogP contribution in [0.15, 0.2) is 36.4 Å². The monoisotopic (exact) mass is 246 g/mol. The molecule has 4 heteroatoms. The fraction of sp³-hybridized carbons (Fsp3) is 0.0714. The summed E-state index contributed by atoms with van der Waals surface area (Å²) >= 11 is 0. The Hall–Kier alpha value is -2.23. The molecule has 0 aromatic heterocycles. The molecule has 2 rings (SSSR count). The van der Waals surface area contributed by atoms with Gasteiger partial charge >= 0.3 is 0 Å². The molecule has 0 saturated carbocycles. The van der Waals surface area contributed by atoms with Crippen LogP contribution >= 0.6 is 0 Å². The first kappa shape index (κ1) is 12.2. The number of benzene rings is 2. The molecule has 0 aliphatic heterocycles. The molecule has 3 N–H and O–H groups in total. The van der Waals surface area contributed by atoms with Gasteiger partial charge in [-0.3, -0.25) is 0 Å². The molecule has 0 fully saturated rings. The largest absolute Gasteiger partial charge is 0.398 e. The van der Waals surface area contributed by atoms with E-state index in [4.69, 9.17) is 11.1 Å². The van der Waals surface area contributed by atoms with Crippen LogP contribution in [0.4, 0.5) is 14.5 Å². The lowest BCUT2D eigenvalue weighted by atomic mass is 9.99. The molecule has 0 heterocycles. The third kappa shape index (κ3) is 2.09. The predicted molar refractivity (Wildman–Crippen MR) is 68.7 cm³/mol. The molecule has 18 heavy (non-hydrogen) atoms. The van der Waals surface area contributed by atoms with Gasteiger partial charge in [-0.15, -0.1) is 0 Å². The second-order valence-corrected chi connectivity index (χ2v) is 4.02. The minimum absolute atomic E-state index is 0.0972. The fourth-order valence-electron chi connectivity index (χ4n) is 1.81. The van der Waals surface area contributed by atoms with Crippen LogP contribution in [-0.4, -0.2) is 5.71 Å². The maximum absolute atomic E-state index is 13.6. The molecule has 0 spiro atoms. The molecular weight excluding hydrogens is 234 g/mol. The average molecular weight is 246 g/mol. The predicted octanol–water partition coefficient (Wildman–Crippen LogP) is 3.60. The van der Waals surface area contributed by atoms with Gasteiger partial charge in [0.25, 0.3) is 0 Å². The van der Waals surface area contributed by atoms with Crippen molar-refractivity contribution in [2.45, 2.75) is 6.92 Å². The summed E-state index contributed by atoms with van der Waals surface area (Å²) in [5.41, 5.74) is 7.15. The van der Waals surface area contributed by atoms with Crippen LogP contribution in [0, 0.1) is 17.0 Å². The summed E-state index contributed by atoms with van der Waals surface area (Å²) in [6.07, 6.45) is 0. The van der Waals surface area contributed by atoms with Crippen molar-refractivity contribution < 1.29 is 8.78 Å². The van der Waals surface area contributed by atoms with Gasteiger partial charge in [0, 0.05) is 17.0 Å². The zero-order valence-electron chi connectivity index (χ0n) is 9.80. The van der Waals surface area contributed by atoms with E-state index in [0.717, 1.165) is 0 Å². The Morgan fingerprint density at radius 3 is 2.28 bits per heavy atom. The van der Waals surface area contributed by atoms with Crippen LogP contribution in [0.25, 0.3) is 11.1 Å². The van der Waals surface area contributed by atoms with E-state index in [1.807, 2.05) is 0 Å². The lowest BCUT2D eigenvalue weighted by molar-refractivity contribution is 0.589. The van der Waals surface area contributed by atoms with Crippen LogP contribution in [0.2, 0.25) is 0 Å². The van der Waals surface area contributed by atoms with Gasteiger partial charge in [-0.2, -0.15) is 0 Å². The standard InChI is InChI=1S/C14H12F2N2/c1-8(17)10-7-9(5-6-13(10)18)14-11(15)3-2-4-12(14)16/h2-7,17H,18H2,1H3. The third-order valence-corrected chi connectivity index (χ3v) is 2.71. The Morgan fingerprint density at radius 1 is 1.11 bits per heavy atom. The lowest BCUT2D eigenvalue weighted by Crippen LogP contribution is -2.00. The highest BCUT2D eigenvalue weighted by Crippen LogP contribution is 2.28. The van der Waals surface area contributed by atoms with Gasteiger partial charge in [-0.1, -0.05) is 12.1 Å². The molecule has 0 radical (unpaired) electrons. The van der Waals surface area contributed by atoms with Crippen molar-refractivity contribution in [3.05, 3.63) is 53.6 Å². The SMILES string of the molecule is CC(=N)c1cc(-c2c(F)cccc2F)ccc1N. The summed E-state index contributed by atoms with van der Waals surface area (Å²) in [6, 6.07) is 8.34. The number of hydrogen-bond acceptors (Lipinski definition) is 2. The molecule has 2 aromatic rings. The van der Waals surface area contributed by atoms with E-state index in [1.165, 1.54) is 24.3 Å². The van der Waals surface area contributed by atoms with Crippen molar-refractivity contribution in [1.82, 2.24) is 0 Å². The summed E-state index contributed by atoms with van der Waals surface area (Å²) in [5, 5.41) is 7.58. The molecule has 0 amide bonds. The van der Waals surface area contributed by atoms with Crippen LogP contribution < -0.4 is 5.73 Å². The number of nitrogens with two attached hydrogens (primary N) is 1. The van der Waals surface area contributed by atoms with Crippen molar-refractivity contribution in [1.29, 1.82) is 5.41 Å². The van der Waals surface area contributed by atoms with Crippen molar-refractivity contribution in [3.63, 3.8) is 0 Å². The van der Waals surface area contributed by atoms with E-state index in [1.54, 1.807) is 19.1 Å². The Morgan fingerprint density at radius 2 is 1.72 bits per heavy atom. The van der Waals surface area contributed by atoms with Crippen LogP contribution in [-0.2, 0) is 0 Å². The first-order chi connectivity index (χ1) is 8.50. The molecular formula is C14H12F2N2. The van der Waals surface area contributed by atoms with Gasteiger partial charge in [-0.25, -0.2) is 8.78 Å². The smallest absolute Gasteiger partial charge is 0.133 e. The highest BCUT2D eigenvalue weighted by atomic mass is 19.1. The molecule has 2 aromatic carbocycles. The van der Waals surface area contributed by atoms with Gasteiger partial charge in [0.15, 0.2) is 0 Å². The number of nitrogen functional groups attached to an aromatic ring is 1. The van der Waals surface area contributed by atoms with Crippen LogP contribution in [0.5, 0.6) is 0 Å². The van der Waals surface area contributed by atoms with Crippen molar-refractivity contribution in [3.8, 4) is 11.1 Å². The van der Waals surface area contributed by atoms with Gasteiger partial charge in [0.1, 0.15) is 11.6 Å². The van der Waals surface area contributed by atoms with E-state index in [0.29, 0.717) is 16.8 Å². The molecule has 2 nitrogen and oxygen atoms in total. The summed E-state index contributed by atoms with van der Waals surface area (Å²) in [7, 11) is 0. The number of nitrogens with one attached hydrogen (secondary N) is 1. The number of halogens is 2. The molecule has 0 aliphatic rings. The number of rotatable bonds is 2. The van der Waals surface area contributed by atoms with Crippen molar-refractivity contribution in [2.75, 3.05) is 5.73 Å². The van der Waals surface area contributed by atoms with Crippen molar-refractivity contribution in [2.24, 2.45) is 0 Å². The van der Waals surface area contributed by atoms with Crippen LogP contribution in [0.1, 0.15) is 12.5 Å². The second kappa shape index (κ2) is 4.56. The normalized spacial score (nSPS) is 10.4. The molecule has 0 unspecified atom stereocenters. The zero-order chi connectivity index (χ0) is 13.3. The zero-order valence-corrected chi connectivity index (χ0v) is 9.80. The highest BCUT2D eigenvalue weighted by Gasteiger charge is 2.12. The van der Waals surface area contributed by atoms with Gasteiger partial charge in [0.2, 0.25) is 0 Å². The molecule has 0 aliphatic carbocycles. The minimum Gasteiger partial charge on any atom is -0.398 e. The summed E-state index contributed by atoms with van der Waals surface area (Å²) in [4.78, 5) is 0. The summed E-state index contributed by atoms with van der Waals surface area (Å²) in [6.45, 7) is 1.58. The second-order valence-electron chi connectivity index (χ2n) is 4.02. The Balaban J connectivity index is 2.65. The van der Waals surface area contributed by atoms with Crippen LogP contribution in [0.3, 0.4) is 0 Å². The van der Waals surface area contributed by atoms with E-state index >= 15 is 0 Å². The van der Waals surface area contributed by atoms with Gasteiger partial charge in [0.05, 0.1) is 5.56 Å². The first-order valence-electron chi connectivity index (χ1n) is 5.40. The third-order valence-electron chi connectivity index (χ3n) is 2.71. The molecule has 0 bridgehead atoms. The van der Waals surface area contributed by atoms with Gasteiger partial charge in [-0.05, 0) is 36.8 Å². The maximum Gasteiger partial charge on any atom is 0.133 e.